The van der Waals surface area contributed by atoms with E-state index in [-0.39, 0.29) is 5.91 Å². The molecule has 0 aliphatic rings. The second-order valence-electron chi connectivity index (χ2n) is 5.22. The van der Waals surface area contributed by atoms with E-state index in [2.05, 4.69) is 20.4 Å². The van der Waals surface area contributed by atoms with Gasteiger partial charge in [0.15, 0.2) is 5.82 Å². The highest BCUT2D eigenvalue weighted by molar-refractivity contribution is 5.91. The van der Waals surface area contributed by atoms with E-state index in [4.69, 9.17) is 0 Å². The summed E-state index contributed by atoms with van der Waals surface area (Å²) in [7, 11) is 1.83. The molecule has 3 aromatic rings. The van der Waals surface area contributed by atoms with Crippen molar-refractivity contribution in [1.82, 2.24) is 19.7 Å². The van der Waals surface area contributed by atoms with Gasteiger partial charge in [-0.15, -0.1) is 0 Å². The first-order valence-electron chi connectivity index (χ1n) is 7.35. The molecule has 0 aliphatic heterocycles. The lowest BCUT2D eigenvalue weighted by Crippen LogP contribution is -2.12. The Labute approximate surface area is 134 Å². The minimum atomic E-state index is -0.00877. The molecule has 0 fully saturated rings. The summed E-state index contributed by atoms with van der Waals surface area (Å²) in [4.78, 5) is 20.2. The van der Waals surface area contributed by atoms with Gasteiger partial charge in [-0.25, -0.2) is 4.98 Å². The van der Waals surface area contributed by atoms with Crippen molar-refractivity contribution in [1.29, 1.82) is 0 Å². The monoisotopic (exact) mass is 307 g/mol. The number of aryl methyl sites for hydroxylation is 2. The van der Waals surface area contributed by atoms with Crippen molar-refractivity contribution in [2.45, 2.75) is 12.8 Å². The first kappa shape index (κ1) is 14.9. The van der Waals surface area contributed by atoms with Gasteiger partial charge >= 0.3 is 0 Å². The minimum Gasteiger partial charge on any atom is -0.326 e. The third-order valence-electron chi connectivity index (χ3n) is 3.42. The van der Waals surface area contributed by atoms with Gasteiger partial charge in [-0.3, -0.25) is 14.5 Å². The third kappa shape index (κ3) is 4.00. The van der Waals surface area contributed by atoms with Crippen molar-refractivity contribution in [3.05, 3.63) is 60.7 Å². The maximum atomic E-state index is 12.0. The summed E-state index contributed by atoms with van der Waals surface area (Å²) in [5.74, 6) is 0.661. The van der Waals surface area contributed by atoms with Crippen LogP contribution in [0.3, 0.4) is 0 Å². The van der Waals surface area contributed by atoms with Gasteiger partial charge < -0.3 is 5.32 Å². The van der Waals surface area contributed by atoms with Gasteiger partial charge in [0, 0.05) is 37.1 Å². The first-order chi connectivity index (χ1) is 11.2. The number of amides is 1. The number of carbonyl (C=O) groups is 1. The molecule has 0 radical (unpaired) electrons. The number of carbonyl (C=O) groups excluding carboxylic acids is 1. The van der Waals surface area contributed by atoms with Gasteiger partial charge in [0.2, 0.25) is 5.91 Å². The van der Waals surface area contributed by atoms with Crippen LogP contribution in [0.25, 0.3) is 11.4 Å². The highest BCUT2D eigenvalue weighted by atomic mass is 16.1. The van der Waals surface area contributed by atoms with Gasteiger partial charge in [0.1, 0.15) is 6.33 Å². The van der Waals surface area contributed by atoms with Gasteiger partial charge in [0.05, 0.1) is 0 Å². The number of nitrogens with one attached hydrogen (secondary N) is 1. The van der Waals surface area contributed by atoms with E-state index in [1.165, 1.54) is 0 Å². The van der Waals surface area contributed by atoms with Gasteiger partial charge in [0.25, 0.3) is 0 Å². The summed E-state index contributed by atoms with van der Waals surface area (Å²) < 4.78 is 1.66. The fraction of sp³-hybridized carbons (Fsp3) is 0.176. The van der Waals surface area contributed by atoms with Crippen LogP contribution in [0.4, 0.5) is 5.69 Å². The predicted octanol–water partition coefficient (Wildman–Crippen LogP) is 2.45. The van der Waals surface area contributed by atoms with Crippen LogP contribution < -0.4 is 5.32 Å². The van der Waals surface area contributed by atoms with Gasteiger partial charge in [-0.2, -0.15) is 5.10 Å². The number of hydrogen-bond donors (Lipinski definition) is 1. The number of aromatic nitrogens is 4. The van der Waals surface area contributed by atoms with Crippen LogP contribution in [0.1, 0.15) is 12.0 Å². The van der Waals surface area contributed by atoms with Crippen LogP contribution in [0.2, 0.25) is 0 Å². The molecule has 6 heteroatoms. The Hall–Kier alpha value is -3.02. The highest BCUT2D eigenvalue weighted by Crippen LogP contribution is 2.17. The van der Waals surface area contributed by atoms with E-state index >= 15 is 0 Å². The molecule has 0 bridgehead atoms. The fourth-order valence-electron chi connectivity index (χ4n) is 2.21. The Bertz CT molecular complexity index is 780. The largest absolute Gasteiger partial charge is 0.326 e. The second kappa shape index (κ2) is 6.83. The van der Waals surface area contributed by atoms with Gasteiger partial charge in [-0.05, 0) is 48.4 Å². The lowest BCUT2D eigenvalue weighted by atomic mass is 10.1. The average molecular weight is 307 g/mol. The molecule has 0 unspecified atom stereocenters. The minimum absolute atomic E-state index is 0.00877. The molecular formula is C17H17N5O. The van der Waals surface area contributed by atoms with Crippen molar-refractivity contribution < 1.29 is 4.79 Å². The highest BCUT2D eigenvalue weighted by Gasteiger charge is 2.05. The molecule has 0 saturated carbocycles. The third-order valence-corrected chi connectivity index (χ3v) is 3.42. The first-order valence-corrected chi connectivity index (χ1v) is 7.35. The van der Waals surface area contributed by atoms with Crippen LogP contribution in [-0.4, -0.2) is 25.7 Å². The Kier molecular flexibility index (Phi) is 4.42. The summed E-state index contributed by atoms with van der Waals surface area (Å²) in [6.45, 7) is 0. The maximum Gasteiger partial charge on any atom is 0.224 e. The zero-order valence-corrected chi connectivity index (χ0v) is 12.8. The number of rotatable bonds is 5. The molecular weight excluding hydrogens is 290 g/mol. The van der Waals surface area contributed by atoms with Crippen molar-refractivity contribution in [3.8, 4) is 11.4 Å². The molecule has 2 heterocycles. The topological polar surface area (TPSA) is 72.7 Å². The van der Waals surface area contributed by atoms with E-state index in [1.807, 2.05) is 43.4 Å². The van der Waals surface area contributed by atoms with E-state index in [1.54, 1.807) is 23.4 Å². The Morgan fingerprint density at radius 3 is 2.52 bits per heavy atom. The zero-order chi connectivity index (χ0) is 16.1. The lowest BCUT2D eigenvalue weighted by Gasteiger charge is -2.06. The molecule has 1 N–H and O–H groups in total. The van der Waals surface area contributed by atoms with Crippen LogP contribution in [0, 0.1) is 0 Å². The molecule has 0 saturated heterocycles. The Balaban J connectivity index is 1.56. The standard InChI is InChI=1S/C17H17N5O/c1-22-12-19-17(21-22)14-3-5-15(6-4-14)20-16(23)7-2-13-8-10-18-11-9-13/h3-6,8-12H,2,7H2,1H3,(H,20,23). The van der Waals surface area contributed by atoms with Crippen LogP contribution in [0.15, 0.2) is 55.1 Å². The molecule has 1 amide bonds. The summed E-state index contributed by atoms with van der Waals surface area (Å²) in [6.07, 6.45) is 6.26. The number of pyridine rings is 1. The van der Waals surface area contributed by atoms with Crippen molar-refractivity contribution in [2.24, 2.45) is 7.05 Å². The molecule has 6 nitrogen and oxygen atoms in total. The molecule has 23 heavy (non-hydrogen) atoms. The van der Waals surface area contributed by atoms with Crippen LogP contribution in [-0.2, 0) is 18.3 Å². The van der Waals surface area contributed by atoms with E-state index < -0.39 is 0 Å². The predicted molar refractivity (Wildman–Crippen MR) is 87.6 cm³/mol. The number of benzene rings is 1. The Morgan fingerprint density at radius 2 is 1.87 bits per heavy atom. The molecule has 0 aliphatic carbocycles. The zero-order valence-electron chi connectivity index (χ0n) is 12.8. The smallest absolute Gasteiger partial charge is 0.224 e. The second-order valence-corrected chi connectivity index (χ2v) is 5.22. The van der Waals surface area contributed by atoms with Gasteiger partial charge in [-0.1, -0.05) is 0 Å². The van der Waals surface area contributed by atoms with Crippen LogP contribution >= 0.6 is 0 Å². The summed E-state index contributed by atoms with van der Waals surface area (Å²) in [5, 5.41) is 7.14. The van der Waals surface area contributed by atoms with Crippen molar-refractivity contribution in [2.75, 3.05) is 5.32 Å². The van der Waals surface area contributed by atoms with Crippen LogP contribution in [0.5, 0.6) is 0 Å². The maximum absolute atomic E-state index is 12.0. The average Bonchev–Trinajstić information content (AvgIpc) is 3.01. The molecule has 0 atom stereocenters. The van der Waals surface area contributed by atoms with E-state index in [0.29, 0.717) is 18.7 Å². The SMILES string of the molecule is Cn1cnc(-c2ccc(NC(=O)CCc3ccncc3)cc2)n1. The fourth-order valence-corrected chi connectivity index (χ4v) is 2.21. The number of hydrogen-bond acceptors (Lipinski definition) is 4. The molecule has 0 spiro atoms. The molecule has 2 aromatic heterocycles. The normalized spacial score (nSPS) is 10.5. The number of anilines is 1. The van der Waals surface area contributed by atoms with Crippen molar-refractivity contribution in [3.63, 3.8) is 0 Å². The molecule has 3 rings (SSSR count). The van der Waals surface area contributed by atoms with E-state index in [0.717, 1.165) is 16.8 Å². The number of nitrogens with zero attached hydrogens (tertiary/aromatic N) is 4. The molecule has 116 valence electrons. The van der Waals surface area contributed by atoms with Crippen molar-refractivity contribution >= 4 is 11.6 Å². The van der Waals surface area contributed by atoms with E-state index in [9.17, 15) is 4.79 Å². The summed E-state index contributed by atoms with van der Waals surface area (Å²) in [6, 6.07) is 11.3. The molecule has 1 aromatic carbocycles. The summed E-state index contributed by atoms with van der Waals surface area (Å²) in [5.41, 5.74) is 2.79. The quantitative estimate of drug-likeness (QED) is 0.786. The Morgan fingerprint density at radius 1 is 1.13 bits per heavy atom. The summed E-state index contributed by atoms with van der Waals surface area (Å²) >= 11 is 0. The lowest BCUT2D eigenvalue weighted by molar-refractivity contribution is -0.116.